The average Bonchev–Trinajstić information content (AvgIpc) is 3.09. The van der Waals surface area contributed by atoms with E-state index in [-0.39, 0.29) is 6.61 Å². The molecule has 0 atom stereocenters. The molecule has 6 heteroatoms. The molecule has 0 amide bonds. The summed E-state index contributed by atoms with van der Waals surface area (Å²) in [4.78, 5) is 8.71. The van der Waals surface area contributed by atoms with Crippen molar-refractivity contribution in [1.29, 1.82) is 0 Å². The van der Waals surface area contributed by atoms with Crippen LogP contribution in [-0.2, 0) is 13.1 Å². The molecule has 6 nitrogen and oxygen atoms in total. The lowest BCUT2D eigenvalue weighted by molar-refractivity contribution is 0.276. The van der Waals surface area contributed by atoms with Gasteiger partial charge in [-0.15, -0.1) is 0 Å². The number of aryl methyl sites for hydroxylation is 1. The average molecular weight is 286 g/mol. The summed E-state index contributed by atoms with van der Waals surface area (Å²) < 4.78 is 7.34. The topological polar surface area (TPSA) is 76.1 Å². The highest BCUT2D eigenvalue weighted by atomic mass is 16.3. The minimum absolute atomic E-state index is 0.0865. The number of nitrogens with zero attached hydrogens (tertiary/aromatic N) is 3. The van der Waals surface area contributed by atoms with Crippen LogP contribution in [0.3, 0.4) is 0 Å². The van der Waals surface area contributed by atoms with Gasteiger partial charge >= 0.3 is 0 Å². The lowest BCUT2D eigenvalue weighted by atomic mass is 10.2. The van der Waals surface area contributed by atoms with Crippen LogP contribution in [0.4, 0.5) is 5.82 Å². The molecule has 3 aromatic rings. The van der Waals surface area contributed by atoms with Crippen LogP contribution in [0.2, 0.25) is 0 Å². The number of aromatic nitrogens is 3. The normalized spacial score (nSPS) is 11.2. The summed E-state index contributed by atoms with van der Waals surface area (Å²) in [6, 6.07) is 3.78. The van der Waals surface area contributed by atoms with Crippen molar-refractivity contribution in [3.05, 3.63) is 41.7 Å². The van der Waals surface area contributed by atoms with E-state index in [0.717, 1.165) is 33.9 Å². The summed E-state index contributed by atoms with van der Waals surface area (Å²) in [7, 11) is 0. The Morgan fingerprint density at radius 3 is 2.90 bits per heavy atom. The fourth-order valence-corrected chi connectivity index (χ4v) is 2.56. The third kappa shape index (κ3) is 2.38. The first-order valence-corrected chi connectivity index (χ1v) is 6.90. The summed E-state index contributed by atoms with van der Waals surface area (Å²) >= 11 is 0. The molecule has 110 valence electrons. The van der Waals surface area contributed by atoms with Crippen LogP contribution >= 0.6 is 0 Å². The van der Waals surface area contributed by atoms with Crippen molar-refractivity contribution in [2.45, 2.75) is 26.9 Å². The Labute approximate surface area is 122 Å². The highest BCUT2D eigenvalue weighted by molar-refractivity contribution is 5.91. The van der Waals surface area contributed by atoms with Crippen LogP contribution in [0.1, 0.15) is 17.0 Å². The molecule has 0 spiro atoms. The van der Waals surface area contributed by atoms with Gasteiger partial charge in [0.05, 0.1) is 24.8 Å². The fourth-order valence-electron chi connectivity index (χ4n) is 2.56. The quantitative estimate of drug-likeness (QED) is 0.752. The molecule has 0 aliphatic heterocycles. The van der Waals surface area contributed by atoms with E-state index in [2.05, 4.69) is 15.3 Å². The van der Waals surface area contributed by atoms with Gasteiger partial charge in [0, 0.05) is 12.2 Å². The van der Waals surface area contributed by atoms with E-state index in [4.69, 9.17) is 4.42 Å². The van der Waals surface area contributed by atoms with Gasteiger partial charge in [-0.2, -0.15) is 0 Å². The van der Waals surface area contributed by atoms with Gasteiger partial charge in [-0.05, 0) is 31.5 Å². The first-order chi connectivity index (χ1) is 10.2. The Balaban J connectivity index is 2.01. The number of hydrogen-bond acceptors (Lipinski definition) is 5. The van der Waals surface area contributed by atoms with Crippen molar-refractivity contribution in [2.24, 2.45) is 0 Å². The molecule has 0 unspecified atom stereocenters. The third-order valence-corrected chi connectivity index (χ3v) is 3.74. The minimum Gasteiger partial charge on any atom is -0.467 e. The Hall–Kier alpha value is -2.34. The van der Waals surface area contributed by atoms with E-state index >= 15 is 0 Å². The predicted octanol–water partition coefficient (Wildman–Crippen LogP) is 2.25. The molecule has 0 aliphatic rings. The zero-order chi connectivity index (χ0) is 14.8. The van der Waals surface area contributed by atoms with Crippen LogP contribution in [0, 0.1) is 13.8 Å². The first kappa shape index (κ1) is 13.6. The number of nitrogens with one attached hydrogen (secondary N) is 1. The monoisotopic (exact) mass is 286 g/mol. The summed E-state index contributed by atoms with van der Waals surface area (Å²) in [6.07, 6.45) is 3.19. The second-order valence-electron chi connectivity index (χ2n) is 4.94. The molecule has 3 heterocycles. The van der Waals surface area contributed by atoms with Gasteiger partial charge in [0.2, 0.25) is 0 Å². The lowest BCUT2D eigenvalue weighted by Crippen LogP contribution is -2.05. The van der Waals surface area contributed by atoms with E-state index in [0.29, 0.717) is 13.1 Å². The van der Waals surface area contributed by atoms with E-state index in [1.54, 1.807) is 12.6 Å². The molecular formula is C15H18N4O2. The lowest BCUT2D eigenvalue weighted by Gasteiger charge is -2.06. The molecule has 2 N–H and O–H groups in total. The molecule has 0 fully saturated rings. The molecule has 21 heavy (non-hydrogen) atoms. The Bertz CT molecular complexity index is 747. The van der Waals surface area contributed by atoms with Crippen molar-refractivity contribution < 1.29 is 9.52 Å². The maximum Gasteiger partial charge on any atom is 0.146 e. The maximum atomic E-state index is 9.22. The number of aliphatic hydroxyl groups is 1. The van der Waals surface area contributed by atoms with E-state index < -0.39 is 0 Å². The van der Waals surface area contributed by atoms with Crippen molar-refractivity contribution in [2.75, 3.05) is 11.9 Å². The highest BCUT2D eigenvalue weighted by Crippen LogP contribution is 2.28. The van der Waals surface area contributed by atoms with E-state index in [1.807, 2.05) is 30.5 Å². The standard InChI is InChI=1S/C15H18N4O2/c1-10-11(2)19(5-6-20)15-13(10)14(17-9-18-15)16-8-12-4-3-7-21-12/h3-4,7,9,20H,5-6,8H2,1-2H3,(H,16,17,18). The smallest absolute Gasteiger partial charge is 0.146 e. The van der Waals surface area contributed by atoms with Gasteiger partial charge in [-0.3, -0.25) is 0 Å². The predicted molar refractivity (Wildman–Crippen MR) is 80.1 cm³/mol. The summed E-state index contributed by atoms with van der Waals surface area (Å²) in [5.41, 5.74) is 3.07. The number of anilines is 1. The van der Waals surface area contributed by atoms with E-state index in [1.165, 1.54) is 0 Å². The molecule has 0 saturated heterocycles. The van der Waals surface area contributed by atoms with Crippen molar-refractivity contribution in [3.8, 4) is 0 Å². The Morgan fingerprint density at radius 1 is 1.33 bits per heavy atom. The van der Waals surface area contributed by atoms with Crippen LogP contribution in [0.15, 0.2) is 29.1 Å². The first-order valence-electron chi connectivity index (χ1n) is 6.90. The minimum atomic E-state index is 0.0865. The second-order valence-corrected chi connectivity index (χ2v) is 4.94. The highest BCUT2D eigenvalue weighted by Gasteiger charge is 2.16. The fraction of sp³-hybridized carbons (Fsp3) is 0.333. The number of fused-ring (bicyclic) bond motifs is 1. The van der Waals surface area contributed by atoms with Crippen molar-refractivity contribution in [1.82, 2.24) is 14.5 Å². The Morgan fingerprint density at radius 2 is 2.19 bits per heavy atom. The van der Waals surface area contributed by atoms with Crippen LogP contribution in [-0.4, -0.2) is 26.2 Å². The summed E-state index contributed by atoms with van der Waals surface area (Å²) in [5, 5.41) is 13.5. The number of furan rings is 1. The molecule has 3 rings (SSSR count). The maximum absolute atomic E-state index is 9.22. The number of hydrogen-bond donors (Lipinski definition) is 2. The molecule has 0 radical (unpaired) electrons. The second kappa shape index (κ2) is 5.57. The molecule has 0 aromatic carbocycles. The van der Waals surface area contributed by atoms with Gasteiger partial charge in [0.25, 0.3) is 0 Å². The SMILES string of the molecule is Cc1c(C)n(CCO)c2ncnc(NCc3ccco3)c12. The zero-order valence-corrected chi connectivity index (χ0v) is 12.1. The Kier molecular flexibility index (Phi) is 3.62. The van der Waals surface area contributed by atoms with Crippen LogP contribution in [0.25, 0.3) is 11.0 Å². The van der Waals surface area contributed by atoms with Gasteiger partial charge in [-0.25, -0.2) is 9.97 Å². The summed E-state index contributed by atoms with van der Waals surface area (Å²) in [6.45, 7) is 5.27. The number of aliphatic hydroxyl groups excluding tert-OH is 1. The van der Waals surface area contributed by atoms with Gasteiger partial charge in [-0.1, -0.05) is 0 Å². The summed E-state index contributed by atoms with van der Waals surface area (Å²) in [5.74, 6) is 1.64. The largest absolute Gasteiger partial charge is 0.467 e. The third-order valence-electron chi connectivity index (χ3n) is 3.74. The number of rotatable bonds is 5. The van der Waals surface area contributed by atoms with Crippen molar-refractivity contribution >= 4 is 16.9 Å². The zero-order valence-electron chi connectivity index (χ0n) is 12.1. The molecule has 0 aliphatic carbocycles. The van der Waals surface area contributed by atoms with Crippen LogP contribution in [0.5, 0.6) is 0 Å². The van der Waals surface area contributed by atoms with Gasteiger partial charge in [0.15, 0.2) is 0 Å². The molecule has 0 saturated carbocycles. The molecule has 0 bridgehead atoms. The molecule has 3 aromatic heterocycles. The van der Waals surface area contributed by atoms with Gasteiger partial charge < -0.3 is 19.4 Å². The van der Waals surface area contributed by atoms with Crippen LogP contribution < -0.4 is 5.32 Å². The molecular weight excluding hydrogens is 268 g/mol. The van der Waals surface area contributed by atoms with Crippen molar-refractivity contribution in [3.63, 3.8) is 0 Å². The van der Waals surface area contributed by atoms with E-state index in [9.17, 15) is 5.11 Å². The van der Waals surface area contributed by atoms with Gasteiger partial charge in [0.1, 0.15) is 23.6 Å².